The van der Waals surface area contributed by atoms with E-state index in [0.29, 0.717) is 11.3 Å². The van der Waals surface area contributed by atoms with Gasteiger partial charge in [0.1, 0.15) is 17.2 Å². The highest BCUT2D eigenvalue weighted by Crippen LogP contribution is 2.41. The highest BCUT2D eigenvalue weighted by Gasteiger charge is 2.36. The van der Waals surface area contributed by atoms with Crippen molar-refractivity contribution in [2.24, 2.45) is 0 Å². The second-order valence-corrected chi connectivity index (χ2v) is 6.60. The number of anilines is 1. The van der Waals surface area contributed by atoms with E-state index in [9.17, 15) is 22.8 Å². The first-order chi connectivity index (χ1) is 15.1. The molecule has 166 valence electrons. The molecule has 0 fully saturated rings. The van der Waals surface area contributed by atoms with Gasteiger partial charge in [-0.15, -0.1) is 0 Å². The lowest BCUT2D eigenvalue weighted by Crippen LogP contribution is -2.16. The first-order valence-corrected chi connectivity index (χ1v) is 9.13. The van der Waals surface area contributed by atoms with Gasteiger partial charge in [0, 0.05) is 0 Å². The summed E-state index contributed by atoms with van der Waals surface area (Å²) in [6.45, 7) is 1.63. The predicted molar refractivity (Wildman–Crippen MR) is 108 cm³/mol. The van der Waals surface area contributed by atoms with Crippen LogP contribution in [0.2, 0.25) is 0 Å². The summed E-state index contributed by atoms with van der Waals surface area (Å²) in [6.07, 6.45) is -3.69. The molecule has 2 N–H and O–H groups in total. The molecule has 0 radical (unpaired) electrons. The van der Waals surface area contributed by atoms with Gasteiger partial charge in [-0.05, 0) is 55.0 Å². The van der Waals surface area contributed by atoms with Gasteiger partial charge in [-0.1, -0.05) is 6.07 Å². The van der Waals surface area contributed by atoms with Gasteiger partial charge in [0.15, 0.2) is 5.75 Å². The lowest BCUT2D eigenvalue weighted by molar-refractivity contribution is -0.138. The fourth-order valence-corrected chi connectivity index (χ4v) is 2.82. The molecule has 10 heteroatoms. The number of aromatic nitrogens is 1. The number of pyridine rings is 1. The number of ether oxygens (including phenoxy) is 2. The van der Waals surface area contributed by atoms with Crippen molar-refractivity contribution < 1.29 is 37.3 Å². The molecule has 0 bridgehead atoms. The molecule has 3 rings (SSSR count). The van der Waals surface area contributed by atoms with Crippen LogP contribution in [0.3, 0.4) is 0 Å². The number of hydrogen-bond acceptors (Lipinski definition) is 5. The molecule has 0 spiro atoms. The number of para-hydroxylation sites is 1. The van der Waals surface area contributed by atoms with E-state index in [4.69, 9.17) is 14.6 Å². The Hall–Kier alpha value is -4.08. The number of nitrogens with zero attached hydrogens (tertiary/aromatic N) is 1. The number of halogens is 3. The van der Waals surface area contributed by atoms with Crippen molar-refractivity contribution in [3.05, 3.63) is 77.1 Å². The molecule has 1 aromatic heterocycles. The Morgan fingerprint density at radius 1 is 1.09 bits per heavy atom. The minimum absolute atomic E-state index is 0.101. The topological polar surface area (TPSA) is 97.8 Å². The third-order valence-electron chi connectivity index (χ3n) is 4.40. The second kappa shape index (κ2) is 8.96. The minimum atomic E-state index is -4.78. The summed E-state index contributed by atoms with van der Waals surface area (Å²) in [5.74, 6) is -2.20. The molecule has 1 amide bonds. The van der Waals surface area contributed by atoms with Crippen molar-refractivity contribution in [2.75, 3.05) is 12.4 Å². The van der Waals surface area contributed by atoms with Gasteiger partial charge in [-0.25, -0.2) is 9.78 Å². The number of carboxylic acids is 1. The molecule has 0 saturated carbocycles. The molecule has 0 unspecified atom stereocenters. The largest absolute Gasteiger partial charge is 0.497 e. The number of aromatic carboxylic acids is 1. The average Bonchev–Trinajstić information content (AvgIpc) is 2.74. The predicted octanol–water partition coefficient (Wildman–Crippen LogP) is 5.16. The Morgan fingerprint density at radius 2 is 1.84 bits per heavy atom. The summed E-state index contributed by atoms with van der Waals surface area (Å²) in [5.41, 5.74) is -1.14. The summed E-state index contributed by atoms with van der Waals surface area (Å²) < 4.78 is 51.7. The number of carbonyl (C=O) groups is 2. The molecule has 2 aromatic carbocycles. The molecular formula is C22H17F3N2O5. The van der Waals surface area contributed by atoms with Crippen molar-refractivity contribution >= 4 is 17.6 Å². The number of benzene rings is 2. The Morgan fingerprint density at radius 3 is 2.41 bits per heavy atom. The Balaban J connectivity index is 2.00. The van der Waals surface area contributed by atoms with Gasteiger partial charge >= 0.3 is 12.1 Å². The zero-order chi connectivity index (χ0) is 23.5. The van der Waals surface area contributed by atoms with Crippen LogP contribution in [-0.2, 0) is 6.18 Å². The number of nitrogens with one attached hydrogen (secondary N) is 1. The van der Waals surface area contributed by atoms with Gasteiger partial charge < -0.3 is 19.9 Å². The van der Waals surface area contributed by atoms with Crippen LogP contribution < -0.4 is 14.8 Å². The van der Waals surface area contributed by atoms with E-state index in [2.05, 4.69) is 10.3 Å². The molecule has 32 heavy (non-hydrogen) atoms. The molecule has 7 nitrogen and oxygen atoms in total. The third-order valence-corrected chi connectivity index (χ3v) is 4.40. The van der Waals surface area contributed by atoms with Crippen LogP contribution in [-0.4, -0.2) is 29.1 Å². The van der Waals surface area contributed by atoms with Gasteiger partial charge in [0.2, 0.25) is 0 Å². The van der Waals surface area contributed by atoms with Crippen LogP contribution in [0.5, 0.6) is 17.2 Å². The monoisotopic (exact) mass is 446 g/mol. The number of alkyl halides is 3. The summed E-state index contributed by atoms with van der Waals surface area (Å²) in [7, 11) is 1.45. The summed E-state index contributed by atoms with van der Waals surface area (Å²) in [5, 5.41) is 11.3. The highest BCUT2D eigenvalue weighted by atomic mass is 19.4. The van der Waals surface area contributed by atoms with Gasteiger partial charge in [0.05, 0.1) is 30.1 Å². The van der Waals surface area contributed by atoms with Crippen molar-refractivity contribution in [2.45, 2.75) is 13.1 Å². The molecular weight excluding hydrogens is 429 g/mol. The molecule has 3 aromatic rings. The normalized spacial score (nSPS) is 11.0. The van der Waals surface area contributed by atoms with E-state index in [0.717, 1.165) is 24.4 Å². The Labute approximate surface area is 180 Å². The van der Waals surface area contributed by atoms with Crippen LogP contribution in [0, 0.1) is 6.92 Å². The number of aryl methyl sites for hydroxylation is 1. The number of methoxy groups -OCH3 is 1. The van der Waals surface area contributed by atoms with Gasteiger partial charge in [-0.3, -0.25) is 4.79 Å². The zero-order valence-electron chi connectivity index (χ0n) is 16.9. The van der Waals surface area contributed by atoms with E-state index in [1.807, 2.05) is 0 Å². The molecule has 0 atom stereocenters. The number of hydrogen-bond donors (Lipinski definition) is 2. The van der Waals surface area contributed by atoms with Crippen molar-refractivity contribution in [3.8, 4) is 17.2 Å². The SMILES string of the molecule is COc1ccc(Oc2c(C(=O)Nc3ccc(C(=O)O)nc3)cccc2C(F)(F)F)c(C)c1. The summed E-state index contributed by atoms with van der Waals surface area (Å²) in [6, 6.07) is 10.1. The maximum atomic E-state index is 13.7. The standard InChI is InChI=1S/C22H17F3N2O5/c1-12-10-14(31-2)7-9-18(12)32-19-15(4-3-5-16(19)22(23,24)25)20(28)27-13-6-8-17(21(29)30)26-11-13/h3-11H,1-2H3,(H,27,28)(H,29,30). The van der Waals surface area contributed by atoms with Crippen molar-refractivity contribution in [3.63, 3.8) is 0 Å². The van der Waals surface area contributed by atoms with Crippen LogP contribution in [0.15, 0.2) is 54.7 Å². The first kappa shape index (κ1) is 22.6. The molecule has 0 saturated heterocycles. The first-order valence-electron chi connectivity index (χ1n) is 9.13. The molecule has 1 heterocycles. The average molecular weight is 446 g/mol. The fraction of sp³-hybridized carbons (Fsp3) is 0.136. The van der Waals surface area contributed by atoms with Crippen LogP contribution in [0.25, 0.3) is 0 Å². The Bertz CT molecular complexity index is 1160. The number of carboxylic acid groups (broad SMARTS) is 1. The summed E-state index contributed by atoms with van der Waals surface area (Å²) in [4.78, 5) is 27.3. The smallest absolute Gasteiger partial charge is 0.420 e. The zero-order valence-corrected chi connectivity index (χ0v) is 16.9. The molecule has 0 aliphatic carbocycles. The van der Waals surface area contributed by atoms with Crippen LogP contribution in [0.1, 0.15) is 32.0 Å². The number of carbonyl (C=O) groups excluding carboxylic acids is 1. The van der Waals surface area contributed by atoms with E-state index in [-0.39, 0.29) is 22.7 Å². The van der Waals surface area contributed by atoms with E-state index >= 15 is 0 Å². The van der Waals surface area contributed by atoms with Crippen LogP contribution in [0.4, 0.5) is 18.9 Å². The highest BCUT2D eigenvalue weighted by molar-refractivity contribution is 6.06. The quantitative estimate of drug-likeness (QED) is 0.543. The number of rotatable bonds is 6. The van der Waals surface area contributed by atoms with E-state index in [1.54, 1.807) is 13.0 Å². The number of amides is 1. The second-order valence-electron chi connectivity index (χ2n) is 6.60. The van der Waals surface area contributed by atoms with E-state index in [1.165, 1.54) is 31.4 Å². The fourth-order valence-electron chi connectivity index (χ4n) is 2.82. The molecule has 0 aliphatic heterocycles. The van der Waals surface area contributed by atoms with Crippen molar-refractivity contribution in [1.29, 1.82) is 0 Å². The maximum absolute atomic E-state index is 13.7. The van der Waals surface area contributed by atoms with Crippen LogP contribution >= 0.6 is 0 Å². The third kappa shape index (κ3) is 4.97. The van der Waals surface area contributed by atoms with Gasteiger partial charge in [-0.2, -0.15) is 13.2 Å². The lowest BCUT2D eigenvalue weighted by Gasteiger charge is -2.18. The Kier molecular flexibility index (Phi) is 6.33. The summed E-state index contributed by atoms with van der Waals surface area (Å²) >= 11 is 0. The van der Waals surface area contributed by atoms with Gasteiger partial charge in [0.25, 0.3) is 5.91 Å². The lowest BCUT2D eigenvalue weighted by atomic mass is 10.1. The molecule has 0 aliphatic rings. The van der Waals surface area contributed by atoms with Crippen molar-refractivity contribution in [1.82, 2.24) is 4.98 Å². The van der Waals surface area contributed by atoms with E-state index < -0.39 is 29.4 Å². The maximum Gasteiger partial charge on any atom is 0.420 e. The minimum Gasteiger partial charge on any atom is -0.497 e.